The summed E-state index contributed by atoms with van der Waals surface area (Å²) < 4.78 is 5.55. The standard InChI is InChI=1S/C23H18O/c1-24-21-15-19(17-8-3-2-4-9-17)14-20(16-21)23-13-7-11-18-10-5-6-12-22(18)23/h2-16H,1H3. The minimum Gasteiger partial charge on any atom is -0.497 e. The number of hydrogen-bond acceptors (Lipinski definition) is 1. The average Bonchev–Trinajstić information content (AvgIpc) is 2.68. The molecular formula is C23H18O. The van der Waals surface area contributed by atoms with Gasteiger partial charge in [-0.05, 0) is 51.2 Å². The molecule has 0 unspecified atom stereocenters. The predicted molar refractivity (Wildman–Crippen MR) is 101 cm³/mol. The van der Waals surface area contributed by atoms with E-state index >= 15 is 0 Å². The van der Waals surface area contributed by atoms with E-state index in [-0.39, 0.29) is 0 Å². The number of fused-ring (bicyclic) bond motifs is 1. The normalized spacial score (nSPS) is 10.7. The molecule has 0 heterocycles. The van der Waals surface area contributed by atoms with Crippen LogP contribution in [0.4, 0.5) is 0 Å². The smallest absolute Gasteiger partial charge is 0.120 e. The molecule has 116 valence electrons. The van der Waals surface area contributed by atoms with Gasteiger partial charge in [-0.3, -0.25) is 0 Å². The van der Waals surface area contributed by atoms with Crippen molar-refractivity contribution in [3.8, 4) is 28.0 Å². The zero-order valence-electron chi connectivity index (χ0n) is 13.6. The van der Waals surface area contributed by atoms with Crippen molar-refractivity contribution in [3.05, 3.63) is 91.0 Å². The Bertz CT molecular complexity index is 982. The van der Waals surface area contributed by atoms with Crippen LogP contribution in [0.25, 0.3) is 33.0 Å². The van der Waals surface area contributed by atoms with Crippen LogP contribution in [-0.4, -0.2) is 7.11 Å². The lowest BCUT2D eigenvalue weighted by Crippen LogP contribution is -1.88. The Morgan fingerprint density at radius 2 is 1.29 bits per heavy atom. The number of ether oxygens (including phenoxy) is 1. The highest BCUT2D eigenvalue weighted by Crippen LogP contribution is 2.34. The van der Waals surface area contributed by atoms with E-state index in [9.17, 15) is 0 Å². The van der Waals surface area contributed by atoms with Crippen molar-refractivity contribution in [2.75, 3.05) is 7.11 Å². The van der Waals surface area contributed by atoms with Crippen LogP contribution in [0.2, 0.25) is 0 Å². The van der Waals surface area contributed by atoms with Gasteiger partial charge in [-0.15, -0.1) is 0 Å². The van der Waals surface area contributed by atoms with E-state index in [2.05, 4.69) is 84.9 Å². The summed E-state index contributed by atoms with van der Waals surface area (Å²) in [4.78, 5) is 0. The fraction of sp³-hybridized carbons (Fsp3) is 0.0435. The summed E-state index contributed by atoms with van der Waals surface area (Å²) in [5.41, 5.74) is 4.75. The largest absolute Gasteiger partial charge is 0.497 e. The molecule has 0 N–H and O–H groups in total. The van der Waals surface area contributed by atoms with Crippen molar-refractivity contribution in [2.45, 2.75) is 0 Å². The Kier molecular flexibility index (Phi) is 3.76. The average molecular weight is 310 g/mol. The molecule has 0 fully saturated rings. The maximum atomic E-state index is 5.55. The van der Waals surface area contributed by atoms with Crippen molar-refractivity contribution < 1.29 is 4.74 Å². The third-order valence-electron chi connectivity index (χ3n) is 4.35. The number of methoxy groups -OCH3 is 1. The lowest BCUT2D eigenvalue weighted by molar-refractivity contribution is 0.415. The van der Waals surface area contributed by atoms with Crippen molar-refractivity contribution in [1.82, 2.24) is 0 Å². The monoisotopic (exact) mass is 310 g/mol. The van der Waals surface area contributed by atoms with Crippen molar-refractivity contribution >= 4 is 10.8 Å². The number of benzene rings is 4. The van der Waals surface area contributed by atoms with Gasteiger partial charge in [0.05, 0.1) is 7.11 Å². The van der Waals surface area contributed by atoms with Crippen LogP contribution in [-0.2, 0) is 0 Å². The molecule has 1 nitrogen and oxygen atoms in total. The van der Waals surface area contributed by atoms with Gasteiger partial charge in [-0.1, -0.05) is 72.8 Å². The summed E-state index contributed by atoms with van der Waals surface area (Å²) in [7, 11) is 1.72. The van der Waals surface area contributed by atoms with Crippen LogP contribution in [0.5, 0.6) is 5.75 Å². The van der Waals surface area contributed by atoms with Gasteiger partial charge < -0.3 is 4.74 Å². The Hall–Kier alpha value is -3.06. The van der Waals surface area contributed by atoms with Gasteiger partial charge in [0.25, 0.3) is 0 Å². The minimum atomic E-state index is 0.874. The van der Waals surface area contributed by atoms with E-state index in [0.717, 1.165) is 11.3 Å². The molecule has 0 spiro atoms. The Morgan fingerprint density at radius 1 is 0.583 bits per heavy atom. The zero-order chi connectivity index (χ0) is 16.4. The van der Waals surface area contributed by atoms with Crippen molar-refractivity contribution in [3.63, 3.8) is 0 Å². The van der Waals surface area contributed by atoms with Gasteiger partial charge in [-0.25, -0.2) is 0 Å². The SMILES string of the molecule is COc1cc(-c2ccccc2)cc(-c2cccc3ccccc23)c1. The molecule has 0 saturated heterocycles. The van der Waals surface area contributed by atoms with Gasteiger partial charge in [0, 0.05) is 0 Å². The molecule has 4 aromatic rings. The summed E-state index contributed by atoms with van der Waals surface area (Å²) in [5.74, 6) is 0.874. The Balaban J connectivity index is 1.95. The number of hydrogen-bond donors (Lipinski definition) is 0. The molecule has 0 atom stereocenters. The molecule has 0 aromatic heterocycles. The third kappa shape index (κ3) is 2.65. The quantitative estimate of drug-likeness (QED) is 0.439. The van der Waals surface area contributed by atoms with Crippen LogP contribution in [0.1, 0.15) is 0 Å². The highest BCUT2D eigenvalue weighted by atomic mass is 16.5. The van der Waals surface area contributed by atoms with Gasteiger partial charge in [0.2, 0.25) is 0 Å². The van der Waals surface area contributed by atoms with E-state index in [0.29, 0.717) is 0 Å². The van der Waals surface area contributed by atoms with Gasteiger partial charge in [0.15, 0.2) is 0 Å². The van der Waals surface area contributed by atoms with E-state index in [4.69, 9.17) is 4.74 Å². The summed E-state index contributed by atoms with van der Waals surface area (Å²) >= 11 is 0. The highest BCUT2D eigenvalue weighted by molar-refractivity contribution is 5.97. The Labute approximate surface area is 142 Å². The first-order valence-electron chi connectivity index (χ1n) is 8.08. The van der Waals surface area contributed by atoms with Crippen LogP contribution in [0, 0.1) is 0 Å². The summed E-state index contributed by atoms with van der Waals surface area (Å²) in [6.45, 7) is 0. The minimum absolute atomic E-state index is 0.874. The van der Waals surface area contributed by atoms with Crippen LogP contribution < -0.4 is 4.74 Å². The molecule has 1 heteroatoms. The fourth-order valence-corrected chi connectivity index (χ4v) is 3.15. The molecule has 4 aromatic carbocycles. The van der Waals surface area contributed by atoms with Crippen molar-refractivity contribution in [2.24, 2.45) is 0 Å². The Morgan fingerprint density at radius 3 is 2.12 bits per heavy atom. The number of rotatable bonds is 3. The molecule has 0 amide bonds. The lowest BCUT2D eigenvalue weighted by atomic mass is 9.95. The van der Waals surface area contributed by atoms with Gasteiger partial charge in [-0.2, -0.15) is 0 Å². The second-order valence-corrected chi connectivity index (χ2v) is 5.84. The maximum Gasteiger partial charge on any atom is 0.120 e. The van der Waals surface area contributed by atoms with Gasteiger partial charge in [0.1, 0.15) is 5.75 Å². The van der Waals surface area contributed by atoms with E-state index < -0.39 is 0 Å². The van der Waals surface area contributed by atoms with Crippen molar-refractivity contribution in [1.29, 1.82) is 0 Å². The molecule has 0 radical (unpaired) electrons. The first-order valence-corrected chi connectivity index (χ1v) is 8.08. The maximum absolute atomic E-state index is 5.55. The molecule has 0 aliphatic heterocycles. The first kappa shape index (κ1) is 14.5. The van der Waals surface area contributed by atoms with E-state index in [1.165, 1.54) is 27.5 Å². The van der Waals surface area contributed by atoms with Gasteiger partial charge >= 0.3 is 0 Å². The fourth-order valence-electron chi connectivity index (χ4n) is 3.15. The van der Waals surface area contributed by atoms with Crippen LogP contribution in [0.15, 0.2) is 91.0 Å². The highest BCUT2D eigenvalue weighted by Gasteiger charge is 2.08. The zero-order valence-corrected chi connectivity index (χ0v) is 13.6. The summed E-state index contributed by atoms with van der Waals surface area (Å²) in [5, 5.41) is 2.51. The van der Waals surface area contributed by atoms with E-state index in [1.54, 1.807) is 7.11 Å². The summed E-state index contributed by atoms with van der Waals surface area (Å²) in [6.07, 6.45) is 0. The molecular weight excluding hydrogens is 292 g/mol. The molecule has 0 bridgehead atoms. The molecule has 0 saturated carbocycles. The second-order valence-electron chi connectivity index (χ2n) is 5.84. The third-order valence-corrected chi connectivity index (χ3v) is 4.35. The second kappa shape index (κ2) is 6.21. The topological polar surface area (TPSA) is 9.23 Å². The first-order chi connectivity index (χ1) is 11.8. The molecule has 24 heavy (non-hydrogen) atoms. The lowest BCUT2D eigenvalue weighted by Gasteiger charge is -2.12. The van der Waals surface area contributed by atoms with Crippen LogP contribution >= 0.6 is 0 Å². The predicted octanol–water partition coefficient (Wildman–Crippen LogP) is 6.18. The molecule has 0 aliphatic carbocycles. The molecule has 0 aliphatic rings. The van der Waals surface area contributed by atoms with E-state index in [1.807, 2.05) is 6.07 Å². The molecule has 4 rings (SSSR count). The van der Waals surface area contributed by atoms with Crippen LogP contribution in [0.3, 0.4) is 0 Å². The summed E-state index contributed by atoms with van der Waals surface area (Å²) in [6, 6.07) is 31.8.